The fourth-order valence-electron chi connectivity index (χ4n) is 1.30. The monoisotopic (exact) mass is 222 g/mol. The van der Waals surface area contributed by atoms with Crippen LogP contribution in [0.3, 0.4) is 0 Å². The molecule has 0 spiro atoms. The minimum Gasteiger partial charge on any atom is -0.331 e. The zero-order chi connectivity index (χ0) is 10.8. The molecular formula is C9H10N4OS. The van der Waals surface area contributed by atoms with E-state index < -0.39 is 0 Å². The average molecular weight is 222 g/mol. The molecule has 0 radical (unpaired) electrons. The van der Waals surface area contributed by atoms with Crippen LogP contribution in [0.4, 0.5) is 0 Å². The van der Waals surface area contributed by atoms with Crippen molar-refractivity contribution in [1.29, 1.82) is 0 Å². The summed E-state index contributed by atoms with van der Waals surface area (Å²) >= 11 is 1.13. The molecule has 0 atom stereocenters. The molecule has 0 aromatic carbocycles. The highest BCUT2D eigenvalue weighted by atomic mass is 32.1. The van der Waals surface area contributed by atoms with Gasteiger partial charge >= 0.3 is 0 Å². The van der Waals surface area contributed by atoms with Crippen LogP contribution in [0.2, 0.25) is 0 Å². The number of carbonyl (C=O) groups is 1. The van der Waals surface area contributed by atoms with E-state index in [1.54, 1.807) is 24.0 Å². The van der Waals surface area contributed by atoms with Crippen molar-refractivity contribution in [2.24, 2.45) is 7.05 Å². The Morgan fingerprint density at radius 2 is 2.40 bits per heavy atom. The lowest BCUT2D eigenvalue weighted by molar-refractivity contribution is 0.102. The average Bonchev–Trinajstić information content (AvgIpc) is 2.84. The van der Waals surface area contributed by atoms with Crippen LogP contribution in [0.1, 0.15) is 28.1 Å². The van der Waals surface area contributed by atoms with Crippen LogP contribution in [0, 0.1) is 0 Å². The molecule has 2 heterocycles. The molecular weight excluding hydrogens is 212 g/mol. The van der Waals surface area contributed by atoms with E-state index in [2.05, 4.69) is 14.6 Å². The summed E-state index contributed by atoms with van der Waals surface area (Å²) in [6.45, 7) is 1.95. The molecule has 0 fully saturated rings. The van der Waals surface area contributed by atoms with Gasteiger partial charge in [-0.05, 0) is 18.0 Å². The van der Waals surface area contributed by atoms with E-state index in [4.69, 9.17) is 0 Å². The first kappa shape index (κ1) is 9.97. The molecule has 0 bridgehead atoms. The number of hydrogen-bond acceptors (Lipinski definition) is 5. The number of hydrogen-bond donors (Lipinski definition) is 0. The van der Waals surface area contributed by atoms with Gasteiger partial charge < -0.3 is 4.57 Å². The van der Waals surface area contributed by atoms with Crippen molar-refractivity contribution < 1.29 is 4.79 Å². The van der Waals surface area contributed by atoms with Gasteiger partial charge in [-0.25, -0.2) is 4.98 Å². The molecule has 2 rings (SSSR count). The second-order valence-corrected chi connectivity index (χ2v) is 3.85. The summed E-state index contributed by atoms with van der Waals surface area (Å²) in [4.78, 5) is 16.6. The standard InChI is InChI=1S/C9H10N4OS/c1-3-6-8(15-12-11-6)7(14)9-10-4-5-13(9)2/h4-5H,3H2,1-2H3. The summed E-state index contributed by atoms with van der Waals surface area (Å²) < 4.78 is 5.48. The van der Waals surface area contributed by atoms with Gasteiger partial charge in [-0.15, -0.1) is 5.10 Å². The third kappa shape index (κ3) is 1.68. The minimum atomic E-state index is -0.102. The Morgan fingerprint density at radius 1 is 1.60 bits per heavy atom. The molecule has 2 aromatic heterocycles. The Bertz CT molecular complexity index is 488. The first-order valence-corrected chi connectivity index (χ1v) is 5.34. The minimum absolute atomic E-state index is 0.102. The molecule has 78 valence electrons. The Balaban J connectivity index is 2.41. The van der Waals surface area contributed by atoms with Crippen molar-refractivity contribution in [3.63, 3.8) is 0 Å². The van der Waals surface area contributed by atoms with Crippen molar-refractivity contribution in [2.45, 2.75) is 13.3 Å². The summed E-state index contributed by atoms with van der Waals surface area (Å²) in [5.41, 5.74) is 0.744. The fraction of sp³-hybridized carbons (Fsp3) is 0.333. The third-order valence-corrected chi connectivity index (χ3v) is 2.89. The molecule has 0 saturated carbocycles. The molecule has 0 amide bonds. The van der Waals surface area contributed by atoms with Crippen LogP contribution in [-0.2, 0) is 13.5 Å². The second-order valence-electron chi connectivity index (χ2n) is 3.09. The fourth-order valence-corrected chi connectivity index (χ4v) is 1.98. The van der Waals surface area contributed by atoms with E-state index in [1.165, 1.54) is 0 Å². The van der Waals surface area contributed by atoms with Crippen LogP contribution in [0.5, 0.6) is 0 Å². The van der Waals surface area contributed by atoms with Gasteiger partial charge in [0.25, 0.3) is 0 Å². The van der Waals surface area contributed by atoms with E-state index >= 15 is 0 Å². The van der Waals surface area contributed by atoms with E-state index in [0.29, 0.717) is 17.1 Å². The topological polar surface area (TPSA) is 60.7 Å². The van der Waals surface area contributed by atoms with Gasteiger partial charge in [0, 0.05) is 19.4 Å². The molecule has 0 aliphatic rings. The Morgan fingerprint density at radius 3 is 3.00 bits per heavy atom. The zero-order valence-corrected chi connectivity index (χ0v) is 9.28. The van der Waals surface area contributed by atoms with Gasteiger partial charge in [0.05, 0.1) is 5.69 Å². The lowest BCUT2D eigenvalue weighted by atomic mass is 10.2. The van der Waals surface area contributed by atoms with E-state index in [0.717, 1.165) is 17.2 Å². The Hall–Kier alpha value is -1.56. The Kier molecular flexibility index (Phi) is 2.59. The van der Waals surface area contributed by atoms with Gasteiger partial charge in [-0.1, -0.05) is 11.4 Å². The van der Waals surface area contributed by atoms with Gasteiger partial charge in [-0.2, -0.15) is 0 Å². The van der Waals surface area contributed by atoms with Crippen molar-refractivity contribution in [3.05, 3.63) is 28.8 Å². The number of aromatic nitrogens is 4. The maximum atomic E-state index is 12.0. The SMILES string of the molecule is CCc1nnsc1C(=O)c1nccn1C. The van der Waals surface area contributed by atoms with E-state index in [1.807, 2.05) is 6.92 Å². The first-order chi connectivity index (χ1) is 7.24. The highest BCUT2D eigenvalue weighted by molar-refractivity contribution is 7.08. The van der Waals surface area contributed by atoms with Crippen LogP contribution >= 0.6 is 11.5 Å². The van der Waals surface area contributed by atoms with Gasteiger partial charge in [-0.3, -0.25) is 4.79 Å². The molecule has 0 N–H and O–H groups in total. The lowest BCUT2D eigenvalue weighted by Gasteiger charge is -1.98. The Labute approximate surface area is 90.9 Å². The molecule has 2 aromatic rings. The van der Waals surface area contributed by atoms with Crippen molar-refractivity contribution in [1.82, 2.24) is 19.1 Å². The van der Waals surface area contributed by atoms with Crippen LogP contribution < -0.4 is 0 Å². The maximum absolute atomic E-state index is 12.0. The van der Waals surface area contributed by atoms with Crippen molar-refractivity contribution >= 4 is 17.3 Å². The van der Waals surface area contributed by atoms with Crippen LogP contribution in [0.15, 0.2) is 12.4 Å². The molecule has 0 saturated heterocycles. The number of ketones is 1. The summed E-state index contributed by atoms with van der Waals surface area (Å²) in [6, 6.07) is 0. The second kappa shape index (κ2) is 3.90. The highest BCUT2D eigenvalue weighted by Gasteiger charge is 2.19. The maximum Gasteiger partial charge on any atom is 0.241 e. The normalized spacial score (nSPS) is 10.5. The molecule has 0 aliphatic carbocycles. The van der Waals surface area contributed by atoms with Gasteiger partial charge in [0.15, 0.2) is 5.82 Å². The van der Waals surface area contributed by atoms with Crippen LogP contribution in [-0.4, -0.2) is 24.9 Å². The quantitative estimate of drug-likeness (QED) is 0.729. The smallest absolute Gasteiger partial charge is 0.241 e. The van der Waals surface area contributed by atoms with Crippen molar-refractivity contribution in [2.75, 3.05) is 0 Å². The number of carbonyl (C=O) groups excluding carboxylic acids is 1. The summed E-state index contributed by atoms with van der Waals surface area (Å²) in [5.74, 6) is 0.324. The largest absolute Gasteiger partial charge is 0.331 e. The zero-order valence-electron chi connectivity index (χ0n) is 8.47. The molecule has 0 aliphatic heterocycles. The highest BCUT2D eigenvalue weighted by Crippen LogP contribution is 2.15. The third-order valence-electron chi connectivity index (χ3n) is 2.12. The predicted octanol–water partition coefficient (Wildman–Crippen LogP) is 1.06. The summed E-state index contributed by atoms with van der Waals surface area (Å²) in [6.07, 6.45) is 4.06. The van der Waals surface area contributed by atoms with E-state index in [9.17, 15) is 4.79 Å². The van der Waals surface area contributed by atoms with Gasteiger partial charge in [0.2, 0.25) is 5.78 Å². The molecule has 0 unspecified atom stereocenters. The van der Waals surface area contributed by atoms with Crippen molar-refractivity contribution in [3.8, 4) is 0 Å². The predicted molar refractivity (Wildman–Crippen MR) is 55.9 cm³/mol. The number of imidazole rings is 1. The molecule has 6 heteroatoms. The summed E-state index contributed by atoms with van der Waals surface area (Å²) in [7, 11) is 1.79. The number of rotatable bonds is 3. The molecule has 5 nitrogen and oxygen atoms in total. The van der Waals surface area contributed by atoms with Crippen LogP contribution in [0.25, 0.3) is 0 Å². The lowest BCUT2D eigenvalue weighted by Crippen LogP contribution is -2.09. The summed E-state index contributed by atoms with van der Waals surface area (Å²) in [5, 5.41) is 3.91. The number of aryl methyl sites for hydroxylation is 2. The number of nitrogens with zero attached hydrogens (tertiary/aromatic N) is 4. The molecule has 15 heavy (non-hydrogen) atoms. The first-order valence-electron chi connectivity index (χ1n) is 4.57. The van der Waals surface area contributed by atoms with Gasteiger partial charge in [0.1, 0.15) is 4.88 Å². The van der Waals surface area contributed by atoms with E-state index in [-0.39, 0.29) is 5.78 Å².